The van der Waals surface area contributed by atoms with Gasteiger partial charge in [0.25, 0.3) is 0 Å². The molecule has 1 aromatic carbocycles. The zero-order valence-corrected chi connectivity index (χ0v) is 12.8. The van der Waals surface area contributed by atoms with Crippen LogP contribution in [-0.2, 0) is 5.41 Å². The first-order valence-corrected chi connectivity index (χ1v) is 8.24. The molecule has 0 heterocycles. The van der Waals surface area contributed by atoms with Crippen molar-refractivity contribution in [3.8, 4) is 5.75 Å². The molecule has 0 amide bonds. The van der Waals surface area contributed by atoms with Gasteiger partial charge in [0, 0.05) is 12.0 Å². The Kier molecular flexibility index (Phi) is 4.23. The predicted molar refractivity (Wildman–Crippen MR) is 83.5 cm³/mol. The summed E-state index contributed by atoms with van der Waals surface area (Å²) in [5, 5.41) is 0.720. The van der Waals surface area contributed by atoms with Crippen LogP contribution in [0.3, 0.4) is 0 Å². The number of nitrogens with two attached hydrogens (primary N) is 1. The van der Waals surface area contributed by atoms with Crippen molar-refractivity contribution in [1.82, 2.24) is 0 Å². The van der Waals surface area contributed by atoms with E-state index < -0.39 is 0 Å². The van der Waals surface area contributed by atoms with Gasteiger partial charge in [-0.15, -0.1) is 0 Å². The summed E-state index contributed by atoms with van der Waals surface area (Å²) in [5.41, 5.74) is 7.57. The molecule has 2 aliphatic rings. The molecule has 3 rings (SSSR count). The first-order chi connectivity index (χ1) is 9.73. The molecule has 1 aromatic rings. The Morgan fingerprint density at radius 2 is 1.95 bits per heavy atom. The Bertz CT molecular complexity index is 464. The lowest BCUT2D eigenvalue weighted by Crippen LogP contribution is -2.37. The third kappa shape index (κ3) is 2.96. The highest BCUT2D eigenvalue weighted by atomic mass is 35.5. The maximum Gasteiger partial charge on any atom is 0.138 e. The van der Waals surface area contributed by atoms with Crippen molar-refractivity contribution >= 4 is 11.6 Å². The maximum atomic E-state index is 6.27. The van der Waals surface area contributed by atoms with Gasteiger partial charge in [-0.25, -0.2) is 0 Å². The van der Waals surface area contributed by atoms with Gasteiger partial charge >= 0.3 is 0 Å². The summed E-state index contributed by atoms with van der Waals surface area (Å²) in [6.07, 6.45) is 8.85. The van der Waals surface area contributed by atoms with Crippen LogP contribution in [0.1, 0.15) is 50.5 Å². The lowest BCUT2D eigenvalue weighted by Gasteiger charge is -2.37. The number of benzene rings is 1. The summed E-state index contributed by atoms with van der Waals surface area (Å²) in [5.74, 6) is 1.59. The van der Waals surface area contributed by atoms with Gasteiger partial charge in [-0.05, 0) is 49.3 Å². The van der Waals surface area contributed by atoms with Crippen molar-refractivity contribution in [2.75, 3.05) is 13.2 Å². The molecular formula is C17H24ClNO. The molecule has 2 N–H and O–H groups in total. The summed E-state index contributed by atoms with van der Waals surface area (Å²) < 4.78 is 5.91. The monoisotopic (exact) mass is 293 g/mol. The number of hydrogen-bond donors (Lipinski definition) is 1. The molecular weight excluding hydrogens is 270 g/mol. The molecule has 2 saturated carbocycles. The summed E-state index contributed by atoms with van der Waals surface area (Å²) in [4.78, 5) is 0. The molecule has 0 aromatic heterocycles. The third-order valence-electron chi connectivity index (χ3n) is 4.92. The quantitative estimate of drug-likeness (QED) is 0.879. The van der Waals surface area contributed by atoms with Gasteiger partial charge in [0.05, 0.1) is 11.6 Å². The fraction of sp³-hybridized carbons (Fsp3) is 0.647. The SMILES string of the molecule is NCC1(c2ccc(Cl)c(OCC3CC3)c2)CCCCC1. The lowest BCUT2D eigenvalue weighted by molar-refractivity contribution is 0.288. The zero-order valence-electron chi connectivity index (χ0n) is 12.0. The van der Waals surface area contributed by atoms with Crippen molar-refractivity contribution in [2.45, 2.75) is 50.4 Å². The fourth-order valence-electron chi connectivity index (χ4n) is 3.28. The van der Waals surface area contributed by atoms with Gasteiger partial charge in [-0.2, -0.15) is 0 Å². The molecule has 0 radical (unpaired) electrons. The minimum absolute atomic E-state index is 0.139. The van der Waals surface area contributed by atoms with E-state index in [1.807, 2.05) is 6.07 Å². The largest absolute Gasteiger partial charge is 0.492 e. The second kappa shape index (κ2) is 5.95. The van der Waals surface area contributed by atoms with E-state index in [2.05, 4.69) is 12.1 Å². The van der Waals surface area contributed by atoms with E-state index in [1.165, 1.54) is 50.5 Å². The number of hydrogen-bond acceptors (Lipinski definition) is 2. The molecule has 2 aliphatic carbocycles. The predicted octanol–water partition coefficient (Wildman–Crippen LogP) is 4.29. The summed E-state index contributed by atoms with van der Waals surface area (Å²) in [6, 6.07) is 6.26. The van der Waals surface area contributed by atoms with E-state index in [-0.39, 0.29) is 5.41 Å². The Morgan fingerprint density at radius 1 is 1.20 bits per heavy atom. The van der Waals surface area contributed by atoms with Crippen molar-refractivity contribution in [3.63, 3.8) is 0 Å². The first-order valence-electron chi connectivity index (χ1n) is 7.86. The molecule has 0 spiro atoms. The number of ether oxygens (including phenoxy) is 1. The average molecular weight is 294 g/mol. The Morgan fingerprint density at radius 3 is 2.60 bits per heavy atom. The zero-order chi connectivity index (χ0) is 14.0. The molecule has 2 fully saturated rings. The normalized spacial score (nSPS) is 21.7. The molecule has 3 heteroatoms. The minimum Gasteiger partial charge on any atom is -0.492 e. The van der Waals surface area contributed by atoms with E-state index >= 15 is 0 Å². The van der Waals surface area contributed by atoms with Crippen LogP contribution < -0.4 is 10.5 Å². The van der Waals surface area contributed by atoms with E-state index in [9.17, 15) is 0 Å². The van der Waals surface area contributed by atoms with E-state index in [0.717, 1.165) is 29.8 Å². The topological polar surface area (TPSA) is 35.2 Å². The van der Waals surface area contributed by atoms with Crippen LogP contribution in [0, 0.1) is 5.92 Å². The molecule has 110 valence electrons. The smallest absolute Gasteiger partial charge is 0.138 e. The number of rotatable bonds is 5. The molecule has 0 atom stereocenters. The Hall–Kier alpha value is -0.730. The summed E-state index contributed by atoms with van der Waals surface area (Å²) >= 11 is 6.27. The van der Waals surface area contributed by atoms with Crippen molar-refractivity contribution < 1.29 is 4.74 Å². The molecule has 0 bridgehead atoms. The molecule has 2 nitrogen and oxygen atoms in total. The Labute approximate surface area is 126 Å². The van der Waals surface area contributed by atoms with Crippen LogP contribution in [0.4, 0.5) is 0 Å². The van der Waals surface area contributed by atoms with Crippen molar-refractivity contribution in [1.29, 1.82) is 0 Å². The highest BCUT2D eigenvalue weighted by Gasteiger charge is 2.33. The summed E-state index contributed by atoms with van der Waals surface area (Å²) in [7, 11) is 0. The molecule has 0 saturated heterocycles. The minimum atomic E-state index is 0.139. The van der Waals surface area contributed by atoms with Crippen LogP contribution in [0.15, 0.2) is 18.2 Å². The second-order valence-electron chi connectivity index (χ2n) is 6.44. The van der Waals surface area contributed by atoms with Gasteiger partial charge in [0.1, 0.15) is 5.75 Å². The van der Waals surface area contributed by atoms with Crippen LogP contribution in [0.5, 0.6) is 5.75 Å². The summed E-state index contributed by atoms with van der Waals surface area (Å²) in [6.45, 7) is 1.52. The lowest BCUT2D eigenvalue weighted by atomic mass is 9.69. The van der Waals surface area contributed by atoms with Gasteiger partial charge in [-0.3, -0.25) is 0 Å². The Balaban J connectivity index is 1.82. The first kappa shape index (κ1) is 14.2. The van der Waals surface area contributed by atoms with Crippen LogP contribution in [-0.4, -0.2) is 13.2 Å². The highest BCUT2D eigenvalue weighted by molar-refractivity contribution is 6.32. The molecule has 20 heavy (non-hydrogen) atoms. The van der Waals surface area contributed by atoms with E-state index in [4.69, 9.17) is 22.1 Å². The van der Waals surface area contributed by atoms with E-state index in [1.54, 1.807) is 0 Å². The van der Waals surface area contributed by atoms with Gasteiger partial charge in [0.2, 0.25) is 0 Å². The highest BCUT2D eigenvalue weighted by Crippen LogP contribution is 2.41. The molecule has 0 unspecified atom stereocenters. The fourth-order valence-corrected chi connectivity index (χ4v) is 3.45. The maximum absolute atomic E-state index is 6.27. The average Bonchev–Trinajstić information content (AvgIpc) is 3.31. The van der Waals surface area contributed by atoms with Crippen molar-refractivity contribution in [2.24, 2.45) is 11.7 Å². The third-order valence-corrected chi connectivity index (χ3v) is 5.23. The van der Waals surface area contributed by atoms with Gasteiger partial charge in [0.15, 0.2) is 0 Å². The van der Waals surface area contributed by atoms with Gasteiger partial charge in [-0.1, -0.05) is 36.9 Å². The standard InChI is InChI=1S/C17H24ClNO/c18-15-7-6-14(10-16(15)20-11-13-4-5-13)17(12-19)8-2-1-3-9-17/h6-7,10,13H,1-5,8-9,11-12,19H2. The molecule has 0 aliphatic heterocycles. The van der Waals surface area contributed by atoms with Gasteiger partial charge < -0.3 is 10.5 Å². The second-order valence-corrected chi connectivity index (χ2v) is 6.85. The van der Waals surface area contributed by atoms with Crippen LogP contribution in [0.2, 0.25) is 5.02 Å². The van der Waals surface area contributed by atoms with E-state index in [0.29, 0.717) is 0 Å². The van der Waals surface area contributed by atoms with Crippen LogP contribution in [0.25, 0.3) is 0 Å². The van der Waals surface area contributed by atoms with Crippen molar-refractivity contribution in [3.05, 3.63) is 28.8 Å². The van der Waals surface area contributed by atoms with Crippen LogP contribution >= 0.6 is 11.6 Å². The number of halogens is 1.